The van der Waals surface area contributed by atoms with Crippen molar-refractivity contribution in [2.24, 2.45) is 5.41 Å². The number of fused-ring (bicyclic) bond motifs is 2. The Morgan fingerprint density at radius 1 is 1.14 bits per heavy atom. The van der Waals surface area contributed by atoms with Gasteiger partial charge in [0.25, 0.3) is 0 Å². The maximum Gasteiger partial charge on any atom is 0.308 e. The predicted molar refractivity (Wildman–Crippen MR) is 81.2 cm³/mol. The van der Waals surface area contributed by atoms with Crippen molar-refractivity contribution in [2.75, 3.05) is 0 Å². The van der Waals surface area contributed by atoms with Crippen molar-refractivity contribution in [3.8, 4) is 0 Å². The van der Waals surface area contributed by atoms with E-state index in [1.165, 1.54) is 6.92 Å². The third-order valence-corrected chi connectivity index (χ3v) is 5.23. The number of carbonyl (C=O) groups is 2. The van der Waals surface area contributed by atoms with E-state index in [-0.39, 0.29) is 22.6 Å². The van der Waals surface area contributed by atoms with Crippen LogP contribution in [-0.4, -0.2) is 17.4 Å². The molecule has 1 aliphatic heterocycles. The molecule has 4 nitrogen and oxygen atoms in total. The Morgan fingerprint density at radius 3 is 2.32 bits per heavy atom. The van der Waals surface area contributed by atoms with Crippen LogP contribution in [0.3, 0.4) is 0 Å². The van der Waals surface area contributed by atoms with Gasteiger partial charge in [0.05, 0.1) is 5.60 Å². The average molecular weight is 300 g/mol. The minimum Gasteiger partial charge on any atom is -0.423 e. The normalized spacial score (nSPS) is 27.7. The zero-order chi connectivity index (χ0) is 16.3. The Morgan fingerprint density at radius 2 is 1.77 bits per heavy atom. The highest BCUT2D eigenvalue weighted by molar-refractivity contribution is 6.11. The smallest absolute Gasteiger partial charge is 0.308 e. The van der Waals surface area contributed by atoms with Crippen molar-refractivity contribution in [3.05, 3.63) is 47.2 Å². The summed E-state index contributed by atoms with van der Waals surface area (Å²) in [6.07, 6.45) is 1.67. The number of ether oxygens (including phenoxy) is 2. The number of esters is 1. The fraction of sp³-hybridized carbons (Fsp3) is 0.444. The highest BCUT2D eigenvalue weighted by Gasteiger charge is 2.68. The van der Waals surface area contributed by atoms with Gasteiger partial charge in [0.1, 0.15) is 5.60 Å². The summed E-state index contributed by atoms with van der Waals surface area (Å²) in [6.45, 7) is 9.54. The van der Waals surface area contributed by atoms with Crippen LogP contribution >= 0.6 is 0 Å². The summed E-state index contributed by atoms with van der Waals surface area (Å²) in [5.74, 6) is -0.735. The Balaban J connectivity index is 2.22. The molecule has 0 aromatic heterocycles. The van der Waals surface area contributed by atoms with Crippen molar-refractivity contribution < 1.29 is 19.1 Å². The minimum atomic E-state index is -0.758. The van der Waals surface area contributed by atoms with Gasteiger partial charge in [-0.15, -0.1) is 0 Å². The largest absolute Gasteiger partial charge is 0.423 e. The Hall–Kier alpha value is -1.94. The number of Topliss-reactive ketones (excluding diaryl/α,β-unsaturated/α-hetero) is 1. The fourth-order valence-corrected chi connectivity index (χ4v) is 3.36. The molecule has 116 valence electrons. The molecule has 0 amide bonds. The molecular weight excluding hydrogens is 280 g/mol. The molecule has 3 rings (SSSR count). The molecule has 1 aliphatic carbocycles. The topological polar surface area (TPSA) is 52.6 Å². The quantitative estimate of drug-likeness (QED) is 0.746. The van der Waals surface area contributed by atoms with E-state index in [4.69, 9.17) is 9.47 Å². The van der Waals surface area contributed by atoms with Gasteiger partial charge >= 0.3 is 5.97 Å². The monoisotopic (exact) mass is 300 g/mol. The number of allylic oxidation sites excluding steroid dienone is 1. The predicted octanol–water partition coefficient (Wildman–Crippen LogP) is 3.36. The van der Waals surface area contributed by atoms with Gasteiger partial charge in [-0.25, -0.2) is 0 Å². The lowest BCUT2D eigenvalue weighted by molar-refractivity contribution is -0.342. The first-order chi connectivity index (χ1) is 10.1. The number of carbonyl (C=O) groups excluding carboxylic acids is 2. The standard InChI is InChI=1S/C18H20O4/c1-11(19)21-14-10-18(16(2,3)17(4,5)22-18)13-9-7-6-8-12(13)15(14)20/h6-10H,1-5H3. The summed E-state index contributed by atoms with van der Waals surface area (Å²) >= 11 is 0. The molecule has 1 unspecified atom stereocenters. The van der Waals surface area contributed by atoms with Gasteiger partial charge in [-0.3, -0.25) is 9.59 Å². The summed E-state index contributed by atoms with van der Waals surface area (Å²) in [7, 11) is 0. The number of rotatable bonds is 1. The second-order valence-corrected chi connectivity index (χ2v) is 6.95. The van der Waals surface area contributed by atoms with Gasteiger partial charge in [-0.1, -0.05) is 38.1 Å². The van der Waals surface area contributed by atoms with Gasteiger partial charge in [-0.2, -0.15) is 0 Å². The molecule has 1 saturated heterocycles. The minimum absolute atomic E-state index is 0.0507. The van der Waals surface area contributed by atoms with Crippen LogP contribution in [0.25, 0.3) is 0 Å². The Labute approximate surface area is 130 Å². The first kappa shape index (κ1) is 15.0. The molecule has 2 aliphatic rings. The van der Waals surface area contributed by atoms with Crippen molar-refractivity contribution in [1.29, 1.82) is 0 Å². The summed E-state index contributed by atoms with van der Waals surface area (Å²) in [5, 5.41) is 0. The summed E-state index contributed by atoms with van der Waals surface area (Å²) in [6, 6.07) is 7.35. The number of hydrogen-bond acceptors (Lipinski definition) is 4. The highest BCUT2D eigenvalue weighted by atomic mass is 16.6. The van der Waals surface area contributed by atoms with E-state index in [1.807, 2.05) is 26.0 Å². The molecule has 0 N–H and O–H groups in total. The molecule has 1 aromatic rings. The first-order valence-electron chi connectivity index (χ1n) is 7.38. The van der Waals surface area contributed by atoms with E-state index >= 15 is 0 Å². The molecule has 1 heterocycles. The maximum absolute atomic E-state index is 12.6. The fourth-order valence-electron chi connectivity index (χ4n) is 3.36. The summed E-state index contributed by atoms with van der Waals surface area (Å²) in [4.78, 5) is 23.9. The van der Waals surface area contributed by atoms with E-state index in [1.54, 1.807) is 18.2 Å². The van der Waals surface area contributed by atoms with Crippen LogP contribution in [0.1, 0.15) is 50.5 Å². The van der Waals surface area contributed by atoms with E-state index in [2.05, 4.69) is 13.8 Å². The van der Waals surface area contributed by atoms with Gasteiger partial charge in [0.15, 0.2) is 5.76 Å². The molecule has 0 radical (unpaired) electrons. The Bertz CT molecular complexity index is 712. The molecule has 22 heavy (non-hydrogen) atoms. The molecule has 0 saturated carbocycles. The van der Waals surface area contributed by atoms with Gasteiger partial charge in [-0.05, 0) is 25.5 Å². The summed E-state index contributed by atoms with van der Waals surface area (Å²) in [5.41, 5.74) is -0.00294. The third kappa shape index (κ3) is 1.67. The van der Waals surface area contributed by atoms with E-state index in [0.717, 1.165) is 5.56 Å². The zero-order valence-electron chi connectivity index (χ0n) is 13.5. The number of benzene rings is 1. The summed E-state index contributed by atoms with van der Waals surface area (Å²) < 4.78 is 11.4. The molecular formula is C18H20O4. The first-order valence-corrected chi connectivity index (χ1v) is 7.38. The molecule has 1 aromatic carbocycles. The maximum atomic E-state index is 12.6. The number of hydrogen-bond donors (Lipinski definition) is 0. The van der Waals surface area contributed by atoms with Crippen LogP contribution in [-0.2, 0) is 19.9 Å². The van der Waals surface area contributed by atoms with Gasteiger partial charge < -0.3 is 9.47 Å². The van der Waals surface area contributed by atoms with Crippen molar-refractivity contribution in [1.82, 2.24) is 0 Å². The van der Waals surface area contributed by atoms with E-state index < -0.39 is 11.6 Å². The molecule has 1 spiro atoms. The van der Waals surface area contributed by atoms with Crippen molar-refractivity contribution in [3.63, 3.8) is 0 Å². The lowest BCUT2D eigenvalue weighted by Crippen LogP contribution is -2.69. The highest BCUT2D eigenvalue weighted by Crippen LogP contribution is 2.64. The van der Waals surface area contributed by atoms with Crippen LogP contribution in [0.4, 0.5) is 0 Å². The van der Waals surface area contributed by atoms with Crippen LogP contribution in [0.2, 0.25) is 0 Å². The van der Waals surface area contributed by atoms with Crippen molar-refractivity contribution in [2.45, 2.75) is 45.8 Å². The SMILES string of the molecule is CC(=O)OC1=CC2(OC(C)(C)C2(C)C)c2ccccc2C1=O. The lowest BCUT2D eigenvalue weighted by Gasteiger charge is -2.66. The second-order valence-electron chi connectivity index (χ2n) is 6.95. The number of ketones is 1. The van der Waals surface area contributed by atoms with Gasteiger partial charge in [0, 0.05) is 17.9 Å². The second kappa shape index (κ2) is 4.29. The molecule has 1 fully saturated rings. The van der Waals surface area contributed by atoms with E-state index in [9.17, 15) is 9.59 Å². The van der Waals surface area contributed by atoms with Crippen LogP contribution in [0.15, 0.2) is 36.1 Å². The van der Waals surface area contributed by atoms with Gasteiger partial charge in [0.2, 0.25) is 5.78 Å². The molecule has 1 atom stereocenters. The lowest BCUT2D eigenvalue weighted by atomic mass is 9.54. The zero-order valence-corrected chi connectivity index (χ0v) is 13.5. The van der Waals surface area contributed by atoms with Crippen molar-refractivity contribution >= 4 is 11.8 Å². The van der Waals surface area contributed by atoms with Crippen LogP contribution in [0, 0.1) is 5.41 Å². The Kier molecular flexibility index (Phi) is 2.92. The van der Waals surface area contributed by atoms with Crippen LogP contribution in [0.5, 0.6) is 0 Å². The third-order valence-electron chi connectivity index (χ3n) is 5.23. The van der Waals surface area contributed by atoms with Crippen LogP contribution < -0.4 is 0 Å². The molecule has 4 heteroatoms. The molecule has 0 bridgehead atoms. The average Bonchev–Trinajstić information content (AvgIpc) is 2.43. The van der Waals surface area contributed by atoms with E-state index in [0.29, 0.717) is 5.56 Å².